The van der Waals surface area contributed by atoms with Crippen LogP contribution in [0.1, 0.15) is 48.8 Å². The van der Waals surface area contributed by atoms with Crippen molar-refractivity contribution in [1.82, 2.24) is 5.32 Å². The zero-order valence-corrected chi connectivity index (χ0v) is 16.8. The number of rotatable bonds is 8. The highest BCUT2D eigenvalue weighted by atomic mass is 16.4. The van der Waals surface area contributed by atoms with E-state index in [-0.39, 0.29) is 31.1 Å². The van der Waals surface area contributed by atoms with Crippen molar-refractivity contribution in [2.24, 2.45) is 0 Å². The van der Waals surface area contributed by atoms with Gasteiger partial charge in [-0.25, -0.2) is 0 Å². The quantitative estimate of drug-likeness (QED) is 0.652. The molecule has 2 amide bonds. The van der Waals surface area contributed by atoms with Crippen LogP contribution in [0.4, 0.5) is 5.69 Å². The third kappa shape index (κ3) is 5.80. The molecule has 0 fully saturated rings. The largest absolute Gasteiger partial charge is 0.481 e. The van der Waals surface area contributed by atoms with E-state index in [1.807, 2.05) is 54.6 Å². The maximum atomic E-state index is 13.0. The molecule has 0 atom stereocenters. The monoisotopic (exact) mass is 406 g/mol. The van der Waals surface area contributed by atoms with Crippen LogP contribution in [0.25, 0.3) is 12.2 Å². The first-order valence-corrected chi connectivity index (χ1v) is 10.2. The van der Waals surface area contributed by atoms with Gasteiger partial charge in [0.05, 0.1) is 12.2 Å². The number of hydrogen-bond donors (Lipinski definition) is 2. The number of carboxylic acids is 1. The molecular formula is C24H26N2O4. The number of nitrogens with one attached hydrogen (secondary N) is 1. The second kappa shape index (κ2) is 10.4. The number of carbonyl (C=O) groups excluding carboxylic acids is 2. The van der Waals surface area contributed by atoms with Gasteiger partial charge in [-0.3, -0.25) is 14.4 Å². The lowest BCUT2D eigenvalue weighted by molar-refractivity contribution is -0.137. The first-order valence-electron chi connectivity index (χ1n) is 10.2. The van der Waals surface area contributed by atoms with Crippen molar-refractivity contribution >= 4 is 35.6 Å². The molecule has 1 aliphatic rings. The molecule has 0 spiro atoms. The van der Waals surface area contributed by atoms with Gasteiger partial charge in [0.2, 0.25) is 11.8 Å². The summed E-state index contributed by atoms with van der Waals surface area (Å²) in [5.74, 6) is -1.13. The van der Waals surface area contributed by atoms with E-state index in [9.17, 15) is 14.4 Å². The first kappa shape index (κ1) is 21.3. The minimum absolute atomic E-state index is 0.0959. The number of fused-ring (bicyclic) bond motifs is 2. The maximum Gasteiger partial charge on any atom is 0.303 e. The molecule has 2 N–H and O–H groups in total. The van der Waals surface area contributed by atoms with Gasteiger partial charge in [-0.05, 0) is 35.6 Å². The van der Waals surface area contributed by atoms with Crippen molar-refractivity contribution in [2.75, 3.05) is 11.4 Å². The summed E-state index contributed by atoms with van der Waals surface area (Å²) in [6, 6.07) is 15.7. The van der Waals surface area contributed by atoms with E-state index in [1.165, 1.54) is 0 Å². The van der Waals surface area contributed by atoms with Crippen molar-refractivity contribution in [2.45, 2.75) is 38.6 Å². The predicted molar refractivity (Wildman–Crippen MR) is 117 cm³/mol. The van der Waals surface area contributed by atoms with Gasteiger partial charge in [0.1, 0.15) is 0 Å². The van der Waals surface area contributed by atoms with Gasteiger partial charge in [-0.1, -0.05) is 54.6 Å². The molecule has 2 aromatic rings. The smallest absolute Gasteiger partial charge is 0.303 e. The minimum Gasteiger partial charge on any atom is -0.481 e. The van der Waals surface area contributed by atoms with Gasteiger partial charge >= 0.3 is 5.97 Å². The van der Waals surface area contributed by atoms with Crippen molar-refractivity contribution in [1.29, 1.82) is 0 Å². The van der Waals surface area contributed by atoms with Crippen LogP contribution in [0.5, 0.6) is 0 Å². The molecule has 0 unspecified atom stereocenters. The van der Waals surface area contributed by atoms with Gasteiger partial charge in [-0.2, -0.15) is 0 Å². The number of nitrogens with zero attached hydrogens (tertiary/aromatic N) is 1. The van der Waals surface area contributed by atoms with Crippen molar-refractivity contribution in [3.63, 3.8) is 0 Å². The Morgan fingerprint density at radius 2 is 1.57 bits per heavy atom. The maximum absolute atomic E-state index is 13.0. The fraction of sp³-hybridized carbons (Fsp3) is 0.292. The third-order valence-corrected chi connectivity index (χ3v) is 5.06. The Morgan fingerprint density at radius 1 is 0.867 bits per heavy atom. The SMILES string of the molecule is O=C(O)CCCCNC(=O)CCC(=O)N1Cc2ccccc2/C=C\c2ccccc21. The number of para-hydroxylation sites is 1. The summed E-state index contributed by atoms with van der Waals surface area (Å²) in [5.41, 5.74) is 3.92. The summed E-state index contributed by atoms with van der Waals surface area (Å²) in [7, 11) is 0. The predicted octanol–water partition coefficient (Wildman–Crippen LogP) is 3.85. The van der Waals surface area contributed by atoms with Gasteiger partial charge in [0.15, 0.2) is 0 Å². The molecule has 1 heterocycles. The third-order valence-electron chi connectivity index (χ3n) is 5.06. The van der Waals surface area contributed by atoms with Crippen LogP contribution in [-0.2, 0) is 20.9 Å². The Balaban J connectivity index is 1.63. The molecule has 0 saturated heterocycles. The molecule has 3 rings (SSSR count). The lowest BCUT2D eigenvalue weighted by Crippen LogP contribution is -2.33. The number of anilines is 1. The normalized spacial score (nSPS) is 13.4. The summed E-state index contributed by atoms with van der Waals surface area (Å²) in [5, 5.41) is 11.4. The highest BCUT2D eigenvalue weighted by Crippen LogP contribution is 2.29. The molecule has 2 aromatic carbocycles. The molecule has 0 radical (unpaired) electrons. The Hall–Kier alpha value is -3.41. The van der Waals surface area contributed by atoms with E-state index < -0.39 is 5.97 Å². The van der Waals surface area contributed by atoms with Crippen LogP contribution in [-0.4, -0.2) is 29.4 Å². The van der Waals surface area contributed by atoms with Crippen molar-refractivity contribution in [3.05, 3.63) is 65.2 Å². The van der Waals surface area contributed by atoms with E-state index in [1.54, 1.807) is 4.90 Å². The van der Waals surface area contributed by atoms with Crippen LogP contribution in [0.15, 0.2) is 48.5 Å². The highest BCUT2D eigenvalue weighted by Gasteiger charge is 2.21. The van der Waals surface area contributed by atoms with Crippen LogP contribution in [0, 0.1) is 0 Å². The standard InChI is InChI=1S/C24H26N2O4/c27-22(25-16-6-5-11-24(29)30)14-15-23(28)26-17-20-9-2-1-7-18(20)12-13-19-8-3-4-10-21(19)26/h1-4,7-10,12-13H,5-6,11,14-17H2,(H,25,27)(H,29,30)/b13-12-. The molecule has 30 heavy (non-hydrogen) atoms. The number of unbranched alkanes of at least 4 members (excludes halogenated alkanes) is 1. The fourth-order valence-corrected chi connectivity index (χ4v) is 3.45. The number of amides is 2. The fourth-order valence-electron chi connectivity index (χ4n) is 3.45. The van der Waals surface area contributed by atoms with E-state index >= 15 is 0 Å². The van der Waals surface area contributed by atoms with Gasteiger partial charge in [-0.15, -0.1) is 0 Å². The Morgan fingerprint density at radius 3 is 2.37 bits per heavy atom. The number of aliphatic carboxylic acids is 1. The van der Waals surface area contributed by atoms with Gasteiger partial charge in [0, 0.05) is 25.8 Å². The molecule has 0 saturated carbocycles. The van der Waals surface area contributed by atoms with E-state index in [4.69, 9.17) is 5.11 Å². The Kier molecular flexibility index (Phi) is 7.38. The summed E-state index contributed by atoms with van der Waals surface area (Å²) in [6.45, 7) is 0.873. The Bertz CT molecular complexity index is 952. The average molecular weight is 406 g/mol. The summed E-state index contributed by atoms with van der Waals surface area (Å²) in [6.07, 6.45) is 5.51. The van der Waals surface area contributed by atoms with Gasteiger partial charge in [0.25, 0.3) is 0 Å². The van der Waals surface area contributed by atoms with Crippen LogP contribution < -0.4 is 10.2 Å². The van der Waals surface area contributed by atoms with E-state index in [2.05, 4.69) is 11.4 Å². The highest BCUT2D eigenvalue weighted by molar-refractivity contribution is 5.98. The van der Waals surface area contributed by atoms with Crippen LogP contribution >= 0.6 is 0 Å². The zero-order valence-electron chi connectivity index (χ0n) is 16.8. The summed E-state index contributed by atoms with van der Waals surface area (Å²) < 4.78 is 0. The van der Waals surface area contributed by atoms with Gasteiger partial charge < -0.3 is 15.3 Å². The molecule has 1 aliphatic heterocycles. The van der Waals surface area contributed by atoms with Crippen LogP contribution in [0.2, 0.25) is 0 Å². The lowest BCUT2D eigenvalue weighted by atomic mass is 10.0. The average Bonchev–Trinajstić information content (AvgIpc) is 2.73. The second-order valence-corrected chi connectivity index (χ2v) is 7.27. The second-order valence-electron chi connectivity index (χ2n) is 7.27. The molecule has 6 heteroatoms. The minimum atomic E-state index is -0.836. The Labute approximate surface area is 176 Å². The van der Waals surface area contributed by atoms with E-state index in [0.717, 1.165) is 22.4 Å². The molecule has 0 bridgehead atoms. The molecule has 156 valence electrons. The summed E-state index contributed by atoms with van der Waals surface area (Å²) in [4.78, 5) is 37.4. The number of hydrogen-bond acceptors (Lipinski definition) is 3. The van der Waals surface area contributed by atoms with Crippen molar-refractivity contribution in [3.8, 4) is 0 Å². The molecule has 6 nitrogen and oxygen atoms in total. The molecule has 0 aliphatic carbocycles. The van der Waals surface area contributed by atoms with E-state index in [0.29, 0.717) is 25.9 Å². The molecule has 0 aromatic heterocycles. The topological polar surface area (TPSA) is 86.7 Å². The number of carboxylic acid groups (broad SMARTS) is 1. The van der Waals surface area contributed by atoms with Crippen molar-refractivity contribution < 1.29 is 19.5 Å². The lowest BCUT2D eigenvalue weighted by Gasteiger charge is -2.27. The number of benzene rings is 2. The zero-order chi connectivity index (χ0) is 21.3. The summed E-state index contributed by atoms with van der Waals surface area (Å²) >= 11 is 0. The number of carbonyl (C=O) groups is 3. The molecular weight excluding hydrogens is 380 g/mol. The first-order chi connectivity index (χ1) is 14.5. The van der Waals surface area contributed by atoms with Crippen LogP contribution in [0.3, 0.4) is 0 Å².